The molecule has 3 aromatic carbocycles. The molecule has 7 nitrogen and oxygen atoms in total. The zero-order chi connectivity index (χ0) is 23.3. The molecule has 0 aromatic heterocycles. The Kier molecular flexibility index (Phi) is 7.68. The minimum Gasteiger partial charge on any atom is -0.226 e. The SMILES string of the molecule is [C-]#[N+]/C(C#N)=c1/cc/c(=C(\C#N)[N+]#[C-])c2cc3/c(=C(\C#N)[N+]#[C-])ccc(=[C-]C#N)c3cc12.[Na+]. The second-order valence-corrected chi connectivity index (χ2v) is 6.22. The van der Waals surface area contributed by atoms with Crippen LogP contribution in [0.1, 0.15) is 0 Å². The van der Waals surface area contributed by atoms with Gasteiger partial charge in [0.25, 0.3) is 17.1 Å². The van der Waals surface area contributed by atoms with Gasteiger partial charge in [0, 0.05) is 6.07 Å². The van der Waals surface area contributed by atoms with Gasteiger partial charge in [0.2, 0.25) is 0 Å². The fourth-order valence-corrected chi connectivity index (χ4v) is 3.41. The van der Waals surface area contributed by atoms with Crippen molar-refractivity contribution < 1.29 is 29.6 Å². The molecule has 33 heavy (non-hydrogen) atoms. The standard InChI is InChI=1S/C25H6N7.Na/c1-30-23(12-27)16-5-4-15(8-9-26)19-10-21-17(24(13-28)31-2)6-7-18(25(14-29)32-3)22(21)11-20(16)19;/h4-7,10-11H;/q-1;+1/b23-16+,24-17-,25-18-;. The average Bonchev–Trinajstić information content (AvgIpc) is 2.82. The maximum Gasteiger partial charge on any atom is 1.00 e. The summed E-state index contributed by atoms with van der Waals surface area (Å²) < 4.78 is 0. The van der Waals surface area contributed by atoms with E-state index in [-0.39, 0.29) is 51.9 Å². The monoisotopic (exact) mass is 427 g/mol. The smallest absolute Gasteiger partial charge is 0.226 e. The van der Waals surface area contributed by atoms with Gasteiger partial charge in [0.05, 0.1) is 37.9 Å². The van der Waals surface area contributed by atoms with Crippen molar-refractivity contribution in [2.45, 2.75) is 0 Å². The summed E-state index contributed by atoms with van der Waals surface area (Å²) in [7, 11) is 0. The molecule has 142 valence electrons. The fraction of sp³-hybridized carbons (Fsp3) is 0. The Morgan fingerprint density at radius 2 is 1.00 bits per heavy atom. The molecule has 0 aliphatic rings. The van der Waals surface area contributed by atoms with Crippen LogP contribution >= 0.6 is 0 Å². The molecule has 0 saturated heterocycles. The van der Waals surface area contributed by atoms with Crippen molar-refractivity contribution in [1.82, 2.24) is 0 Å². The topological polar surface area (TPSA) is 108 Å². The third-order valence-corrected chi connectivity index (χ3v) is 4.76. The third kappa shape index (κ3) is 4.15. The van der Waals surface area contributed by atoms with E-state index in [0.29, 0.717) is 37.2 Å². The molecule has 0 aliphatic carbocycles. The Morgan fingerprint density at radius 3 is 1.36 bits per heavy atom. The molecule has 0 atom stereocenters. The van der Waals surface area contributed by atoms with Crippen LogP contribution in [-0.2, 0) is 0 Å². The first-order chi connectivity index (χ1) is 15.6. The van der Waals surface area contributed by atoms with Crippen molar-refractivity contribution in [2.75, 3.05) is 0 Å². The fourth-order valence-electron chi connectivity index (χ4n) is 3.41. The number of rotatable bonds is 0. The van der Waals surface area contributed by atoms with Crippen molar-refractivity contribution in [3.05, 3.63) is 91.5 Å². The summed E-state index contributed by atoms with van der Waals surface area (Å²) in [4.78, 5) is 9.81. The van der Waals surface area contributed by atoms with E-state index in [9.17, 15) is 15.8 Å². The van der Waals surface area contributed by atoms with Crippen LogP contribution in [0.3, 0.4) is 0 Å². The second kappa shape index (κ2) is 10.4. The summed E-state index contributed by atoms with van der Waals surface area (Å²) in [5.41, 5.74) is -0.543. The van der Waals surface area contributed by atoms with Gasteiger partial charge in [-0.2, -0.15) is 11.3 Å². The molecular weight excluding hydrogens is 421 g/mol. The van der Waals surface area contributed by atoms with Gasteiger partial charge >= 0.3 is 29.6 Å². The van der Waals surface area contributed by atoms with E-state index in [0.717, 1.165) is 0 Å². The number of benzene rings is 3. The molecule has 0 aliphatic heterocycles. The van der Waals surface area contributed by atoms with Gasteiger partial charge in [-0.05, 0) is 26.4 Å². The normalized spacial score (nSPS) is 12.8. The molecule has 3 rings (SSSR count). The maximum absolute atomic E-state index is 9.42. The molecular formula is C25H6N7Na. The molecule has 0 fully saturated rings. The minimum absolute atomic E-state index is 0. The van der Waals surface area contributed by atoms with Crippen LogP contribution in [-0.4, -0.2) is 0 Å². The van der Waals surface area contributed by atoms with Crippen LogP contribution in [0.5, 0.6) is 0 Å². The number of hydrogen-bond acceptors (Lipinski definition) is 4. The van der Waals surface area contributed by atoms with Gasteiger partial charge in [-0.3, -0.25) is 0 Å². The second-order valence-electron chi connectivity index (χ2n) is 6.22. The van der Waals surface area contributed by atoms with Crippen molar-refractivity contribution in [1.29, 1.82) is 21.0 Å². The summed E-state index contributed by atoms with van der Waals surface area (Å²) in [5, 5.41) is 40.4. The molecule has 0 saturated carbocycles. The number of fused-ring (bicyclic) bond motifs is 2. The summed E-state index contributed by atoms with van der Waals surface area (Å²) >= 11 is 0. The molecule has 0 N–H and O–H groups in total. The van der Waals surface area contributed by atoms with Crippen molar-refractivity contribution >= 4 is 44.7 Å². The van der Waals surface area contributed by atoms with E-state index >= 15 is 0 Å². The van der Waals surface area contributed by atoms with Gasteiger partial charge in [-0.15, -0.1) is 17.5 Å². The van der Waals surface area contributed by atoms with Crippen LogP contribution in [0.4, 0.5) is 0 Å². The first-order valence-corrected chi connectivity index (χ1v) is 8.71. The maximum atomic E-state index is 9.42. The van der Waals surface area contributed by atoms with E-state index in [1.807, 2.05) is 24.3 Å². The third-order valence-electron chi connectivity index (χ3n) is 4.76. The van der Waals surface area contributed by atoms with E-state index in [4.69, 9.17) is 25.0 Å². The summed E-state index contributed by atoms with van der Waals surface area (Å²) in [5.74, 6) is 0. The Morgan fingerprint density at radius 1 is 0.636 bits per heavy atom. The first-order valence-electron chi connectivity index (χ1n) is 8.71. The van der Waals surface area contributed by atoms with Gasteiger partial charge < -0.3 is 0 Å². The van der Waals surface area contributed by atoms with E-state index in [2.05, 4.69) is 20.6 Å². The molecule has 0 unspecified atom stereocenters. The van der Waals surface area contributed by atoms with Gasteiger partial charge in [-0.25, -0.2) is 35.6 Å². The summed E-state index contributed by atoms with van der Waals surface area (Å²) in [6.45, 7) is 22.0. The van der Waals surface area contributed by atoms with E-state index in [1.165, 1.54) is 18.2 Å². The number of nitriles is 4. The molecule has 8 heteroatoms. The zero-order valence-corrected chi connectivity index (χ0v) is 19.1. The average molecular weight is 427 g/mol. The molecule has 0 spiro atoms. The largest absolute Gasteiger partial charge is 1.00 e. The molecule has 0 bridgehead atoms. The van der Waals surface area contributed by atoms with Gasteiger partial charge in [0.1, 0.15) is 0 Å². The molecule has 3 aromatic rings. The van der Waals surface area contributed by atoms with Crippen LogP contribution in [0, 0.1) is 65.0 Å². The minimum atomic E-state index is -0.190. The summed E-state index contributed by atoms with van der Waals surface area (Å²) in [6, 6.07) is 16.7. The van der Waals surface area contributed by atoms with Crippen molar-refractivity contribution in [2.24, 2.45) is 0 Å². The molecule has 0 amide bonds. The summed E-state index contributed by atoms with van der Waals surface area (Å²) in [6.07, 6.45) is 2.55. The van der Waals surface area contributed by atoms with Crippen molar-refractivity contribution in [3.8, 4) is 24.3 Å². The Balaban J connectivity index is 0.00000385. The van der Waals surface area contributed by atoms with Crippen LogP contribution in [0.2, 0.25) is 0 Å². The van der Waals surface area contributed by atoms with Crippen LogP contribution in [0.15, 0.2) is 36.4 Å². The zero-order valence-electron chi connectivity index (χ0n) is 17.1. The van der Waals surface area contributed by atoms with Crippen LogP contribution < -0.4 is 50.4 Å². The predicted octanol–water partition coefficient (Wildman–Crippen LogP) is -1.17. The van der Waals surface area contributed by atoms with Gasteiger partial charge in [-0.1, -0.05) is 29.7 Å². The first kappa shape index (κ1) is 24.4. The van der Waals surface area contributed by atoms with Crippen molar-refractivity contribution in [3.63, 3.8) is 0 Å². The van der Waals surface area contributed by atoms with E-state index in [1.54, 1.807) is 18.2 Å². The Labute approximate surface area is 210 Å². The molecule has 0 heterocycles. The van der Waals surface area contributed by atoms with Crippen LogP contribution in [0.25, 0.3) is 59.2 Å². The number of nitrogens with zero attached hydrogens (tertiary/aromatic N) is 7. The number of hydrogen-bond donors (Lipinski definition) is 0. The molecule has 0 radical (unpaired) electrons. The quantitative estimate of drug-likeness (QED) is 0.256. The Hall–Kier alpha value is -4.91. The van der Waals surface area contributed by atoms with Gasteiger partial charge in [0.15, 0.2) is 0 Å². The Bertz CT molecular complexity index is 1850. The van der Waals surface area contributed by atoms with E-state index < -0.39 is 0 Å². The predicted molar refractivity (Wildman–Crippen MR) is 116 cm³/mol.